The Morgan fingerprint density at radius 2 is 2.06 bits per heavy atom. The second-order valence-electron chi connectivity index (χ2n) is 4.65. The lowest BCUT2D eigenvalue weighted by molar-refractivity contribution is 0.0590. The molecular formula is C13H16O4. The van der Waals surface area contributed by atoms with Crippen LogP contribution < -0.4 is 9.47 Å². The van der Waals surface area contributed by atoms with Crippen LogP contribution in [0.3, 0.4) is 0 Å². The average Bonchev–Trinajstić information content (AvgIpc) is 2.61. The Morgan fingerprint density at radius 1 is 1.35 bits per heavy atom. The van der Waals surface area contributed by atoms with E-state index in [1.54, 1.807) is 19.2 Å². The lowest BCUT2D eigenvalue weighted by atomic mass is 9.99. The highest BCUT2D eigenvalue weighted by molar-refractivity contribution is 5.93. The van der Waals surface area contributed by atoms with Crippen LogP contribution in [0.2, 0.25) is 0 Å². The lowest BCUT2D eigenvalue weighted by Crippen LogP contribution is -2.25. The van der Waals surface area contributed by atoms with Gasteiger partial charge in [-0.1, -0.05) is 0 Å². The lowest BCUT2D eigenvalue weighted by Gasteiger charge is -2.17. The molecule has 0 saturated heterocycles. The first-order valence-corrected chi connectivity index (χ1v) is 5.45. The van der Waals surface area contributed by atoms with Crippen LogP contribution in [0, 0.1) is 0 Å². The van der Waals surface area contributed by atoms with Gasteiger partial charge in [-0.2, -0.15) is 0 Å². The van der Waals surface area contributed by atoms with Gasteiger partial charge in [0.25, 0.3) is 0 Å². The normalized spacial score (nSPS) is 16.0. The molecule has 0 atom stereocenters. The van der Waals surface area contributed by atoms with Gasteiger partial charge < -0.3 is 14.2 Å². The molecule has 0 saturated carbocycles. The highest BCUT2D eigenvalue weighted by Crippen LogP contribution is 2.42. The molecule has 4 nitrogen and oxygen atoms in total. The quantitative estimate of drug-likeness (QED) is 0.738. The summed E-state index contributed by atoms with van der Waals surface area (Å²) in [6, 6.07) is 3.45. The zero-order valence-corrected chi connectivity index (χ0v) is 10.5. The summed E-state index contributed by atoms with van der Waals surface area (Å²) in [4.78, 5) is 11.6. The Kier molecular flexibility index (Phi) is 2.73. The smallest absolute Gasteiger partial charge is 0.341 e. The van der Waals surface area contributed by atoms with E-state index in [4.69, 9.17) is 14.2 Å². The fourth-order valence-corrected chi connectivity index (χ4v) is 2.09. The van der Waals surface area contributed by atoms with E-state index in [1.165, 1.54) is 7.11 Å². The largest absolute Gasteiger partial charge is 0.496 e. The second-order valence-corrected chi connectivity index (χ2v) is 4.65. The van der Waals surface area contributed by atoms with Crippen molar-refractivity contribution in [3.63, 3.8) is 0 Å². The van der Waals surface area contributed by atoms with Crippen LogP contribution >= 0.6 is 0 Å². The number of rotatable bonds is 2. The molecule has 1 aromatic rings. The Bertz CT molecular complexity index is 463. The van der Waals surface area contributed by atoms with Crippen LogP contribution in [-0.4, -0.2) is 25.8 Å². The molecule has 4 heteroatoms. The molecule has 0 aromatic heterocycles. The van der Waals surface area contributed by atoms with E-state index in [2.05, 4.69) is 0 Å². The van der Waals surface area contributed by atoms with Crippen molar-refractivity contribution in [2.75, 3.05) is 14.2 Å². The SMILES string of the molecule is COC(=O)c1ccc(OC)c2c1OC(C)(C)C2. The first kappa shape index (κ1) is 11.8. The maximum atomic E-state index is 11.6. The predicted molar refractivity (Wildman–Crippen MR) is 62.7 cm³/mol. The summed E-state index contributed by atoms with van der Waals surface area (Å²) in [5, 5.41) is 0. The van der Waals surface area contributed by atoms with Crippen LogP contribution in [-0.2, 0) is 11.2 Å². The molecule has 0 N–H and O–H groups in total. The molecule has 1 aromatic carbocycles. The molecule has 0 bridgehead atoms. The maximum Gasteiger partial charge on any atom is 0.341 e. The monoisotopic (exact) mass is 236 g/mol. The van der Waals surface area contributed by atoms with E-state index in [9.17, 15) is 4.79 Å². The van der Waals surface area contributed by atoms with Gasteiger partial charge in [0.05, 0.1) is 14.2 Å². The number of carbonyl (C=O) groups excluding carboxylic acids is 1. The topological polar surface area (TPSA) is 44.8 Å². The van der Waals surface area contributed by atoms with Gasteiger partial charge in [0, 0.05) is 12.0 Å². The predicted octanol–water partition coefficient (Wildman–Crippen LogP) is 2.20. The molecule has 17 heavy (non-hydrogen) atoms. The van der Waals surface area contributed by atoms with E-state index in [0.29, 0.717) is 11.3 Å². The summed E-state index contributed by atoms with van der Waals surface area (Å²) in [7, 11) is 2.97. The van der Waals surface area contributed by atoms with Crippen molar-refractivity contribution in [2.45, 2.75) is 25.9 Å². The molecular weight excluding hydrogens is 220 g/mol. The summed E-state index contributed by atoms with van der Waals surface area (Å²) in [5.74, 6) is 0.945. The van der Waals surface area contributed by atoms with Crippen LogP contribution in [0.15, 0.2) is 12.1 Å². The Balaban J connectivity index is 2.55. The standard InChI is InChI=1S/C13H16O4/c1-13(2)7-9-10(15-3)6-5-8(11(9)17-13)12(14)16-4/h5-6H,7H2,1-4H3. The molecule has 0 unspecified atom stereocenters. The fraction of sp³-hybridized carbons (Fsp3) is 0.462. The third kappa shape index (κ3) is 1.95. The van der Waals surface area contributed by atoms with Crippen LogP contribution in [0.4, 0.5) is 0 Å². The zero-order chi connectivity index (χ0) is 12.6. The third-order valence-corrected chi connectivity index (χ3v) is 2.82. The van der Waals surface area contributed by atoms with Gasteiger partial charge in [-0.3, -0.25) is 0 Å². The first-order chi connectivity index (χ1) is 7.98. The average molecular weight is 236 g/mol. The zero-order valence-electron chi connectivity index (χ0n) is 10.5. The minimum absolute atomic E-state index is 0.320. The summed E-state index contributed by atoms with van der Waals surface area (Å²) < 4.78 is 15.8. The molecule has 0 fully saturated rings. The van der Waals surface area contributed by atoms with Crippen LogP contribution in [0.5, 0.6) is 11.5 Å². The van der Waals surface area contributed by atoms with Gasteiger partial charge in [-0.15, -0.1) is 0 Å². The number of esters is 1. The van der Waals surface area contributed by atoms with Gasteiger partial charge in [0.2, 0.25) is 0 Å². The number of ether oxygens (including phenoxy) is 3. The Labute approximate surface area is 100 Å². The van der Waals surface area contributed by atoms with E-state index < -0.39 is 0 Å². The van der Waals surface area contributed by atoms with Crippen molar-refractivity contribution in [3.8, 4) is 11.5 Å². The molecule has 0 amide bonds. The molecule has 1 heterocycles. The number of carbonyl (C=O) groups is 1. The molecule has 1 aliphatic heterocycles. The number of hydrogen-bond donors (Lipinski definition) is 0. The molecule has 0 aliphatic carbocycles. The number of hydrogen-bond acceptors (Lipinski definition) is 4. The number of benzene rings is 1. The minimum Gasteiger partial charge on any atom is -0.496 e. The number of methoxy groups -OCH3 is 2. The summed E-state index contributed by atoms with van der Waals surface area (Å²) in [6.07, 6.45) is 0.719. The highest BCUT2D eigenvalue weighted by Gasteiger charge is 2.35. The first-order valence-electron chi connectivity index (χ1n) is 5.45. The van der Waals surface area contributed by atoms with Crippen molar-refractivity contribution in [3.05, 3.63) is 23.3 Å². The van der Waals surface area contributed by atoms with E-state index >= 15 is 0 Å². The minimum atomic E-state index is -0.387. The second kappa shape index (κ2) is 3.95. The van der Waals surface area contributed by atoms with Crippen LogP contribution in [0.25, 0.3) is 0 Å². The summed E-state index contributed by atoms with van der Waals surface area (Å²) in [6.45, 7) is 3.96. The molecule has 0 spiro atoms. The Hall–Kier alpha value is -1.71. The summed E-state index contributed by atoms with van der Waals surface area (Å²) >= 11 is 0. The number of fused-ring (bicyclic) bond motifs is 1. The summed E-state index contributed by atoms with van der Waals surface area (Å²) in [5.41, 5.74) is 1.06. The van der Waals surface area contributed by atoms with Gasteiger partial charge in [0.15, 0.2) is 0 Å². The highest BCUT2D eigenvalue weighted by atomic mass is 16.5. The van der Waals surface area contributed by atoms with E-state index in [-0.39, 0.29) is 11.6 Å². The van der Waals surface area contributed by atoms with Gasteiger partial charge in [0.1, 0.15) is 22.7 Å². The van der Waals surface area contributed by atoms with Crippen LogP contribution in [0.1, 0.15) is 29.8 Å². The molecule has 0 radical (unpaired) electrons. The van der Waals surface area contributed by atoms with Gasteiger partial charge >= 0.3 is 5.97 Å². The molecule has 2 rings (SSSR count). The van der Waals surface area contributed by atoms with Crippen molar-refractivity contribution in [1.82, 2.24) is 0 Å². The third-order valence-electron chi connectivity index (χ3n) is 2.82. The van der Waals surface area contributed by atoms with E-state index in [0.717, 1.165) is 17.7 Å². The maximum absolute atomic E-state index is 11.6. The fourth-order valence-electron chi connectivity index (χ4n) is 2.09. The molecule has 92 valence electrons. The van der Waals surface area contributed by atoms with Crippen molar-refractivity contribution in [1.29, 1.82) is 0 Å². The van der Waals surface area contributed by atoms with Gasteiger partial charge in [-0.25, -0.2) is 4.79 Å². The van der Waals surface area contributed by atoms with Crippen molar-refractivity contribution >= 4 is 5.97 Å². The van der Waals surface area contributed by atoms with Crippen molar-refractivity contribution < 1.29 is 19.0 Å². The van der Waals surface area contributed by atoms with E-state index in [1.807, 2.05) is 13.8 Å². The van der Waals surface area contributed by atoms with Gasteiger partial charge in [-0.05, 0) is 26.0 Å². The Morgan fingerprint density at radius 3 is 2.65 bits per heavy atom. The van der Waals surface area contributed by atoms with Crippen molar-refractivity contribution in [2.24, 2.45) is 0 Å². The molecule has 1 aliphatic rings.